The van der Waals surface area contributed by atoms with Crippen LogP contribution >= 0.6 is 0 Å². The summed E-state index contributed by atoms with van der Waals surface area (Å²) in [6.45, 7) is 0. The molecule has 11 heavy (non-hydrogen) atoms. The van der Waals surface area contributed by atoms with Crippen LogP contribution in [-0.2, 0) is 0 Å². The molecule has 0 unspecified atom stereocenters. The third-order valence-electron chi connectivity index (χ3n) is 1.10. The highest BCUT2D eigenvalue weighted by Crippen LogP contribution is 2.18. The highest BCUT2D eigenvalue weighted by Gasteiger charge is 2.12. The Morgan fingerprint density at radius 3 is 2.55 bits per heavy atom. The van der Waals surface area contributed by atoms with Gasteiger partial charge in [-0.3, -0.25) is 0 Å². The fourth-order valence-electron chi connectivity index (χ4n) is 0.620. The summed E-state index contributed by atoms with van der Waals surface area (Å²) >= 11 is 0. The summed E-state index contributed by atoms with van der Waals surface area (Å²) in [5, 5.41) is 10.2. The summed E-state index contributed by atoms with van der Waals surface area (Å²) < 4.78 is 0. The van der Waals surface area contributed by atoms with Crippen LogP contribution in [0.25, 0.3) is 0 Å². The molecule has 0 bridgehead atoms. The minimum atomic E-state index is -0.675. The van der Waals surface area contributed by atoms with E-state index in [1.165, 1.54) is 12.1 Å². The predicted octanol–water partition coefficient (Wildman–Crippen LogP) is 0.154. The van der Waals surface area contributed by atoms with Gasteiger partial charge in [0.25, 0.3) is 0 Å². The van der Waals surface area contributed by atoms with Crippen molar-refractivity contribution in [2.75, 3.05) is 11.5 Å². The van der Waals surface area contributed by atoms with Crippen molar-refractivity contribution in [3.05, 3.63) is 22.2 Å². The van der Waals surface area contributed by atoms with E-state index in [1.54, 1.807) is 0 Å². The Labute approximate surface area is 62.0 Å². The van der Waals surface area contributed by atoms with Gasteiger partial charge in [-0.25, -0.2) is 0 Å². The van der Waals surface area contributed by atoms with Crippen LogP contribution in [0.2, 0.25) is 0 Å². The Bertz CT molecular complexity index is 299. The van der Waals surface area contributed by atoms with Crippen molar-refractivity contribution in [3.63, 3.8) is 0 Å². The molecule has 0 radical (unpaired) electrons. The van der Waals surface area contributed by atoms with Gasteiger partial charge >= 0.3 is 5.82 Å². The molecule has 0 saturated carbocycles. The first-order valence-electron chi connectivity index (χ1n) is 2.77. The SMILES string of the molecule is Nc1ccc(N)c([N+](=O)[O-])n1. The van der Waals surface area contributed by atoms with Crippen molar-refractivity contribution < 1.29 is 4.92 Å². The van der Waals surface area contributed by atoms with Crippen molar-refractivity contribution in [2.45, 2.75) is 0 Å². The van der Waals surface area contributed by atoms with Crippen molar-refractivity contribution in [1.29, 1.82) is 0 Å². The molecule has 1 heterocycles. The molecule has 6 heteroatoms. The summed E-state index contributed by atoms with van der Waals surface area (Å²) in [5.41, 5.74) is 10.4. The van der Waals surface area contributed by atoms with Crippen LogP contribution in [0.3, 0.4) is 0 Å². The number of rotatable bonds is 1. The molecule has 0 fully saturated rings. The van der Waals surface area contributed by atoms with Crippen LogP contribution in [0.1, 0.15) is 0 Å². The summed E-state index contributed by atoms with van der Waals surface area (Å²) in [7, 11) is 0. The maximum Gasteiger partial charge on any atom is 0.388 e. The maximum atomic E-state index is 10.2. The van der Waals surface area contributed by atoms with Crippen LogP contribution in [0, 0.1) is 10.1 Å². The highest BCUT2D eigenvalue weighted by molar-refractivity contribution is 5.56. The van der Waals surface area contributed by atoms with Gasteiger partial charge in [0.2, 0.25) is 5.82 Å². The zero-order chi connectivity index (χ0) is 8.43. The molecule has 0 spiro atoms. The molecule has 0 atom stereocenters. The number of hydrogen-bond donors (Lipinski definition) is 2. The van der Waals surface area contributed by atoms with Gasteiger partial charge in [0, 0.05) is 6.07 Å². The number of aromatic nitrogens is 1. The van der Waals surface area contributed by atoms with Gasteiger partial charge < -0.3 is 21.6 Å². The van der Waals surface area contributed by atoms with E-state index in [1.807, 2.05) is 0 Å². The molecule has 0 aliphatic rings. The second kappa shape index (κ2) is 2.41. The third-order valence-corrected chi connectivity index (χ3v) is 1.10. The fraction of sp³-hybridized carbons (Fsp3) is 0. The third kappa shape index (κ3) is 1.34. The second-order valence-electron chi connectivity index (χ2n) is 1.91. The smallest absolute Gasteiger partial charge is 0.388 e. The monoisotopic (exact) mass is 154 g/mol. The molecule has 1 aromatic heterocycles. The van der Waals surface area contributed by atoms with E-state index in [0.717, 1.165) is 0 Å². The van der Waals surface area contributed by atoms with Gasteiger partial charge in [-0.1, -0.05) is 0 Å². The first kappa shape index (κ1) is 7.26. The summed E-state index contributed by atoms with van der Waals surface area (Å²) in [6.07, 6.45) is 0. The first-order chi connectivity index (χ1) is 5.11. The highest BCUT2D eigenvalue weighted by atomic mass is 16.6. The van der Waals surface area contributed by atoms with E-state index in [0.29, 0.717) is 0 Å². The minimum absolute atomic E-state index is 0.0178. The van der Waals surface area contributed by atoms with Gasteiger partial charge in [0.1, 0.15) is 5.69 Å². The molecule has 0 aliphatic carbocycles. The van der Waals surface area contributed by atoms with Crippen molar-refractivity contribution >= 4 is 17.3 Å². The Balaban J connectivity index is 3.23. The fourth-order valence-corrected chi connectivity index (χ4v) is 0.620. The van der Waals surface area contributed by atoms with Crippen LogP contribution < -0.4 is 11.5 Å². The number of nitrogens with zero attached hydrogens (tertiary/aromatic N) is 2. The van der Waals surface area contributed by atoms with E-state index >= 15 is 0 Å². The van der Waals surface area contributed by atoms with Crippen LogP contribution in [-0.4, -0.2) is 9.91 Å². The van der Waals surface area contributed by atoms with Crippen molar-refractivity contribution in [3.8, 4) is 0 Å². The first-order valence-corrected chi connectivity index (χ1v) is 2.77. The van der Waals surface area contributed by atoms with Crippen molar-refractivity contribution in [1.82, 2.24) is 4.98 Å². The van der Waals surface area contributed by atoms with E-state index in [9.17, 15) is 10.1 Å². The normalized spacial score (nSPS) is 9.45. The average molecular weight is 154 g/mol. The molecular weight excluding hydrogens is 148 g/mol. The molecule has 1 rings (SSSR count). The molecule has 0 amide bonds. The standard InChI is InChI=1S/C5H6N4O2/c6-3-1-2-4(7)8-5(3)9(10)11/h1-2H,6H2,(H2,7,8). The number of nitro groups is 1. The van der Waals surface area contributed by atoms with Gasteiger partial charge in [-0.15, -0.1) is 0 Å². The van der Waals surface area contributed by atoms with Gasteiger partial charge in [-0.2, -0.15) is 0 Å². The van der Waals surface area contributed by atoms with Gasteiger partial charge in [0.15, 0.2) is 0 Å². The van der Waals surface area contributed by atoms with Gasteiger partial charge in [-0.05, 0) is 16.0 Å². The lowest BCUT2D eigenvalue weighted by Crippen LogP contribution is -2.00. The summed E-state index contributed by atoms with van der Waals surface area (Å²) in [5.74, 6) is -0.309. The topological polar surface area (TPSA) is 108 Å². The Morgan fingerprint density at radius 2 is 2.09 bits per heavy atom. The largest absolute Gasteiger partial charge is 0.392 e. The summed E-state index contributed by atoms with van der Waals surface area (Å²) in [6, 6.07) is 2.75. The number of nitrogens with two attached hydrogens (primary N) is 2. The molecular formula is C5H6N4O2. The summed E-state index contributed by atoms with van der Waals surface area (Å²) in [4.78, 5) is 12.9. The molecule has 0 saturated heterocycles. The molecule has 0 aliphatic heterocycles. The predicted molar refractivity (Wildman–Crippen MR) is 39.7 cm³/mol. The van der Waals surface area contributed by atoms with Crippen LogP contribution in [0.5, 0.6) is 0 Å². The number of pyridine rings is 1. The Morgan fingerprint density at radius 1 is 1.45 bits per heavy atom. The van der Waals surface area contributed by atoms with E-state index in [-0.39, 0.29) is 11.5 Å². The lowest BCUT2D eigenvalue weighted by Gasteiger charge is -1.95. The Kier molecular flexibility index (Phi) is 1.59. The zero-order valence-electron chi connectivity index (χ0n) is 5.52. The maximum absolute atomic E-state index is 10.2. The molecule has 4 N–H and O–H groups in total. The van der Waals surface area contributed by atoms with Crippen LogP contribution in [0.4, 0.5) is 17.3 Å². The molecule has 58 valence electrons. The average Bonchev–Trinajstić information content (AvgIpc) is 1.94. The zero-order valence-corrected chi connectivity index (χ0v) is 5.52. The Hall–Kier alpha value is -1.85. The lowest BCUT2D eigenvalue weighted by atomic mass is 10.4. The molecule has 1 aromatic rings. The molecule has 6 nitrogen and oxygen atoms in total. The number of anilines is 2. The van der Waals surface area contributed by atoms with E-state index in [4.69, 9.17) is 11.5 Å². The van der Waals surface area contributed by atoms with Gasteiger partial charge in [0.05, 0.1) is 0 Å². The van der Waals surface area contributed by atoms with Crippen LogP contribution in [0.15, 0.2) is 12.1 Å². The molecule has 0 aromatic carbocycles. The lowest BCUT2D eigenvalue weighted by molar-refractivity contribution is -0.388. The minimum Gasteiger partial charge on any atom is -0.392 e. The number of nitrogen functional groups attached to an aromatic ring is 2. The van der Waals surface area contributed by atoms with E-state index < -0.39 is 10.7 Å². The van der Waals surface area contributed by atoms with E-state index in [2.05, 4.69) is 4.98 Å². The number of hydrogen-bond acceptors (Lipinski definition) is 5. The van der Waals surface area contributed by atoms with Crippen molar-refractivity contribution in [2.24, 2.45) is 0 Å². The quantitative estimate of drug-likeness (QED) is 0.442. The second-order valence-corrected chi connectivity index (χ2v) is 1.91.